The van der Waals surface area contributed by atoms with E-state index in [0.29, 0.717) is 0 Å². The van der Waals surface area contributed by atoms with Gasteiger partial charge in [0.1, 0.15) is 0 Å². The predicted octanol–water partition coefficient (Wildman–Crippen LogP) is 1.28. The molecule has 1 aliphatic rings. The SMILES string of the molecule is CN(C)C(=NCCCOCC1CC1)N(C)C. The van der Waals surface area contributed by atoms with Gasteiger partial charge < -0.3 is 14.5 Å². The first kappa shape index (κ1) is 13.3. The van der Waals surface area contributed by atoms with Crippen LogP contribution in [0.15, 0.2) is 4.99 Å². The first-order chi connectivity index (χ1) is 7.61. The van der Waals surface area contributed by atoms with Crippen LogP contribution in [0.2, 0.25) is 0 Å². The average molecular weight is 227 g/mol. The van der Waals surface area contributed by atoms with Crippen LogP contribution in [-0.4, -0.2) is 63.7 Å². The summed E-state index contributed by atoms with van der Waals surface area (Å²) in [7, 11) is 8.07. The molecule has 0 bridgehead atoms. The lowest BCUT2D eigenvalue weighted by Crippen LogP contribution is -2.35. The van der Waals surface area contributed by atoms with E-state index in [2.05, 4.69) is 4.99 Å². The summed E-state index contributed by atoms with van der Waals surface area (Å²) in [6, 6.07) is 0. The summed E-state index contributed by atoms with van der Waals surface area (Å²) in [5.41, 5.74) is 0. The van der Waals surface area contributed by atoms with Crippen LogP contribution in [0.25, 0.3) is 0 Å². The average Bonchev–Trinajstić information content (AvgIpc) is 2.99. The molecule has 0 amide bonds. The van der Waals surface area contributed by atoms with Crippen LogP contribution in [0.5, 0.6) is 0 Å². The summed E-state index contributed by atoms with van der Waals surface area (Å²) in [5, 5.41) is 0. The highest BCUT2D eigenvalue weighted by Gasteiger charge is 2.20. The molecule has 0 saturated heterocycles. The smallest absolute Gasteiger partial charge is 0.195 e. The summed E-state index contributed by atoms with van der Waals surface area (Å²) in [6.45, 7) is 2.64. The van der Waals surface area contributed by atoms with Gasteiger partial charge in [-0.15, -0.1) is 0 Å². The van der Waals surface area contributed by atoms with Crippen molar-refractivity contribution >= 4 is 5.96 Å². The van der Waals surface area contributed by atoms with Crippen molar-refractivity contribution in [1.29, 1.82) is 0 Å². The van der Waals surface area contributed by atoms with Crippen molar-refractivity contribution in [2.75, 3.05) is 47.9 Å². The van der Waals surface area contributed by atoms with E-state index in [1.165, 1.54) is 12.8 Å². The minimum atomic E-state index is 0.841. The molecular weight excluding hydrogens is 202 g/mol. The lowest BCUT2D eigenvalue weighted by atomic mass is 10.4. The highest BCUT2D eigenvalue weighted by molar-refractivity contribution is 5.79. The quantitative estimate of drug-likeness (QED) is 0.389. The molecule has 4 heteroatoms. The monoisotopic (exact) mass is 227 g/mol. The molecule has 0 radical (unpaired) electrons. The molecule has 0 aromatic rings. The molecule has 1 fully saturated rings. The number of hydrogen-bond donors (Lipinski definition) is 0. The fourth-order valence-corrected chi connectivity index (χ4v) is 1.56. The van der Waals surface area contributed by atoms with Gasteiger partial charge in [-0.05, 0) is 25.2 Å². The van der Waals surface area contributed by atoms with Crippen molar-refractivity contribution in [2.45, 2.75) is 19.3 Å². The Bertz CT molecular complexity index is 212. The van der Waals surface area contributed by atoms with Gasteiger partial charge in [-0.3, -0.25) is 4.99 Å². The van der Waals surface area contributed by atoms with E-state index in [0.717, 1.165) is 38.1 Å². The lowest BCUT2D eigenvalue weighted by molar-refractivity contribution is 0.123. The third kappa shape index (κ3) is 5.35. The number of guanidine groups is 1. The van der Waals surface area contributed by atoms with Gasteiger partial charge in [0, 0.05) is 47.9 Å². The van der Waals surface area contributed by atoms with Crippen LogP contribution in [0.4, 0.5) is 0 Å². The Morgan fingerprint density at radius 3 is 2.31 bits per heavy atom. The van der Waals surface area contributed by atoms with E-state index in [4.69, 9.17) is 4.74 Å². The van der Waals surface area contributed by atoms with Crippen LogP contribution in [0.3, 0.4) is 0 Å². The first-order valence-corrected chi connectivity index (χ1v) is 6.08. The van der Waals surface area contributed by atoms with Crippen LogP contribution >= 0.6 is 0 Å². The minimum absolute atomic E-state index is 0.841. The Morgan fingerprint density at radius 2 is 1.81 bits per heavy atom. The lowest BCUT2D eigenvalue weighted by Gasteiger charge is -2.22. The second-order valence-corrected chi connectivity index (χ2v) is 4.84. The molecule has 1 rings (SSSR count). The Morgan fingerprint density at radius 1 is 1.19 bits per heavy atom. The Hall–Kier alpha value is -0.770. The van der Waals surface area contributed by atoms with E-state index in [-0.39, 0.29) is 0 Å². The van der Waals surface area contributed by atoms with Gasteiger partial charge >= 0.3 is 0 Å². The number of ether oxygens (including phenoxy) is 1. The number of aliphatic imine (C=N–C) groups is 1. The molecule has 16 heavy (non-hydrogen) atoms. The van der Waals surface area contributed by atoms with E-state index in [1.54, 1.807) is 0 Å². The van der Waals surface area contributed by atoms with Crippen molar-refractivity contribution in [3.63, 3.8) is 0 Å². The van der Waals surface area contributed by atoms with Crippen LogP contribution in [0.1, 0.15) is 19.3 Å². The number of hydrogen-bond acceptors (Lipinski definition) is 2. The third-order valence-electron chi connectivity index (χ3n) is 2.55. The Kier molecular flexibility index (Phi) is 5.60. The van der Waals surface area contributed by atoms with Gasteiger partial charge in [-0.2, -0.15) is 0 Å². The fourth-order valence-electron chi connectivity index (χ4n) is 1.56. The van der Waals surface area contributed by atoms with Crippen molar-refractivity contribution in [1.82, 2.24) is 9.80 Å². The van der Waals surface area contributed by atoms with Gasteiger partial charge in [0.2, 0.25) is 0 Å². The van der Waals surface area contributed by atoms with Gasteiger partial charge in [0.25, 0.3) is 0 Å². The molecule has 1 saturated carbocycles. The van der Waals surface area contributed by atoms with Crippen LogP contribution in [0, 0.1) is 5.92 Å². The van der Waals surface area contributed by atoms with Crippen LogP contribution < -0.4 is 0 Å². The molecule has 0 aromatic carbocycles. The van der Waals surface area contributed by atoms with E-state index in [9.17, 15) is 0 Å². The summed E-state index contributed by atoms with van der Waals surface area (Å²) >= 11 is 0. The second kappa shape index (κ2) is 6.74. The topological polar surface area (TPSA) is 28.1 Å². The van der Waals surface area contributed by atoms with Gasteiger partial charge in [0.15, 0.2) is 5.96 Å². The highest BCUT2D eigenvalue weighted by Crippen LogP contribution is 2.28. The van der Waals surface area contributed by atoms with E-state index >= 15 is 0 Å². The molecule has 0 aromatic heterocycles. The highest BCUT2D eigenvalue weighted by atomic mass is 16.5. The molecule has 4 nitrogen and oxygen atoms in total. The summed E-state index contributed by atoms with van der Waals surface area (Å²) < 4.78 is 5.56. The Balaban J connectivity index is 2.07. The first-order valence-electron chi connectivity index (χ1n) is 6.08. The van der Waals surface area contributed by atoms with Crippen molar-refractivity contribution < 1.29 is 4.74 Å². The predicted molar refractivity (Wildman–Crippen MR) is 67.8 cm³/mol. The van der Waals surface area contributed by atoms with Gasteiger partial charge in [-0.1, -0.05) is 0 Å². The van der Waals surface area contributed by atoms with E-state index < -0.39 is 0 Å². The van der Waals surface area contributed by atoms with Crippen LogP contribution in [-0.2, 0) is 4.74 Å². The maximum Gasteiger partial charge on any atom is 0.195 e. The minimum Gasteiger partial charge on any atom is -0.381 e. The van der Waals surface area contributed by atoms with Crippen molar-refractivity contribution in [3.05, 3.63) is 0 Å². The third-order valence-corrected chi connectivity index (χ3v) is 2.55. The molecule has 94 valence electrons. The van der Waals surface area contributed by atoms with E-state index in [1.807, 2.05) is 38.0 Å². The fraction of sp³-hybridized carbons (Fsp3) is 0.917. The zero-order valence-corrected chi connectivity index (χ0v) is 11.1. The molecule has 0 N–H and O–H groups in total. The van der Waals surface area contributed by atoms with Gasteiger partial charge in [-0.25, -0.2) is 0 Å². The molecule has 0 unspecified atom stereocenters. The number of rotatable bonds is 6. The molecule has 0 atom stereocenters. The Labute approximate surface area is 99.3 Å². The molecule has 0 aliphatic heterocycles. The number of nitrogens with zero attached hydrogens (tertiary/aromatic N) is 3. The van der Waals surface area contributed by atoms with Crippen molar-refractivity contribution in [3.8, 4) is 0 Å². The molecule has 0 heterocycles. The molecule has 0 spiro atoms. The zero-order valence-electron chi connectivity index (χ0n) is 11.1. The van der Waals surface area contributed by atoms with Gasteiger partial charge in [0.05, 0.1) is 0 Å². The normalized spacial score (nSPS) is 14.8. The largest absolute Gasteiger partial charge is 0.381 e. The molecule has 1 aliphatic carbocycles. The maximum atomic E-state index is 5.56. The summed E-state index contributed by atoms with van der Waals surface area (Å²) in [6.07, 6.45) is 3.74. The molecular formula is C12H25N3O. The standard InChI is InChI=1S/C12H25N3O/c1-14(2)12(15(3)4)13-8-5-9-16-10-11-6-7-11/h11H,5-10H2,1-4H3. The van der Waals surface area contributed by atoms with Crippen molar-refractivity contribution in [2.24, 2.45) is 10.9 Å². The zero-order chi connectivity index (χ0) is 12.0. The summed E-state index contributed by atoms with van der Waals surface area (Å²) in [5.74, 6) is 1.88. The summed E-state index contributed by atoms with van der Waals surface area (Å²) in [4.78, 5) is 8.61. The maximum absolute atomic E-state index is 5.56. The second-order valence-electron chi connectivity index (χ2n) is 4.84.